The Bertz CT molecular complexity index is 1680. The number of hydrogen-bond donors (Lipinski definition) is 2. The summed E-state index contributed by atoms with van der Waals surface area (Å²) >= 11 is 3.11. The van der Waals surface area contributed by atoms with Crippen molar-refractivity contribution in [2.24, 2.45) is 11.7 Å². The smallest absolute Gasteiger partial charge is 0.405 e. The van der Waals surface area contributed by atoms with Crippen LogP contribution in [0, 0.1) is 23.1 Å². The summed E-state index contributed by atoms with van der Waals surface area (Å²) in [4.78, 5) is 2.03. The van der Waals surface area contributed by atoms with Gasteiger partial charge in [-0.25, -0.2) is 8.70 Å². The molecule has 0 amide bonds. The van der Waals surface area contributed by atoms with E-state index in [9.17, 15) is 22.8 Å². The van der Waals surface area contributed by atoms with Crippen LogP contribution in [0.5, 0.6) is 0 Å². The topological polar surface area (TPSA) is 65.1 Å². The summed E-state index contributed by atoms with van der Waals surface area (Å²) in [6.45, 7) is 6.71. The van der Waals surface area contributed by atoms with Crippen molar-refractivity contribution in [2.75, 3.05) is 20.1 Å². The molecule has 1 aliphatic rings. The lowest BCUT2D eigenvalue weighted by Gasteiger charge is -2.43. The molecule has 0 aliphatic carbocycles. The van der Waals surface area contributed by atoms with Crippen molar-refractivity contribution >= 4 is 23.9 Å². The first kappa shape index (κ1) is 36.1. The lowest BCUT2D eigenvalue weighted by molar-refractivity contribution is -0.137. The zero-order valence-corrected chi connectivity index (χ0v) is 28.0. The third kappa shape index (κ3) is 9.42. The maximum atomic E-state index is 14.1. The Morgan fingerprint density at radius 3 is 2.21 bits per heavy atom. The lowest BCUT2D eigenvalue weighted by atomic mass is 9.64. The van der Waals surface area contributed by atoms with Gasteiger partial charge in [0.1, 0.15) is 5.82 Å². The fraction of sp³-hybridized carbons (Fsp3) is 0.270. The Morgan fingerprint density at radius 1 is 0.957 bits per heavy atom. The Balaban J connectivity index is 0.00000160. The summed E-state index contributed by atoms with van der Waals surface area (Å²) in [5.74, 6) is -0.182. The van der Waals surface area contributed by atoms with E-state index in [0.29, 0.717) is 12.0 Å². The predicted octanol–water partition coefficient (Wildman–Crippen LogP) is 9.62. The molecule has 10 heteroatoms. The molecule has 1 aliphatic heterocycles. The summed E-state index contributed by atoms with van der Waals surface area (Å²) in [5, 5.41) is 9.43. The second-order valence-electron chi connectivity index (χ2n) is 11.5. The second-order valence-corrected chi connectivity index (χ2v) is 13.7. The van der Waals surface area contributed by atoms with Gasteiger partial charge < -0.3 is 5.73 Å². The molecule has 0 bridgehead atoms. The molecule has 1 heterocycles. The highest BCUT2D eigenvalue weighted by Gasteiger charge is 2.41. The Labute approximate surface area is 283 Å². The maximum absolute atomic E-state index is 14.1. The zero-order valence-electron chi connectivity index (χ0n) is 26.4. The molecule has 4 aromatic rings. The predicted molar refractivity (Wildman–Crippen MR) is 185 cm³/mol. The van der Waals surface area contributed by atoms with Gasteiger partial charge in [0.25, 0.3) is 0 Å². The van der Waals surface area contributed by atoms with E-state index in [2.05, 4.69) is 52.5 Å². The van der Waals surface area contributed by atoms with E-state index in [1.165, 1.54) is 42.4 Å². The molecular formula is C37H38F4N4S2. The molecule has 0 aromatic heterocycles. The maximum Gasteiger partial charge on any atom is 0.417 e. The van der Waals surface area contributed by atoms with Crippen LogP contribution in [-0.2, 0) is 18.0 Å². The fourth-order valence-corrected chi connectivity index (χ4v) is 7.60. The van der Waals surface area contributed by atoms with Crippen LogP contribution in [0.15, 0.2) is 114 Å². The SMILES string of the molecule is C=CN.CNSc1cccc(-c2cccc(CC(C)(c3ccc(C#N)c(C(F)(F)F)c3)C3CCN(Sc4ccc(F)cc4)CC3)c2)c1. The van der Waals surface area contributed by atoms with Gasteiger partial charge in [-0.15, -0.1) is 0 Å². The van der Waals surface area contributed by atoms with Crippen LogP contribution in [-0.4, -0.2) is 24.4 Å². The number of halogens is 4. The molecule has 47 heavy (non-hydrogen) atoms. The molecule has 4 nitrogen and oxygen atoms in total. The van der Waals surface area contributed by atoms with Gasteiger partial charge in [-0.3, -0.25) is 4.72 Å². The number of nitrogens with zero attached hydrogens (tertiary/aromatic N) is 2. The van der Waals surface area contributed by atoms with Crippen LogP contribution in [0.3, 0.4) is 0 Å². The largest absolute Gasteiger partial charge is 0.417 e. The summed E-state index contributed by atoms with van der Waals surface area (Å²) in [5.41, 5.74) is 6.48. The van der Waals surface area contributed by atoms with Gasteiger partial charge >= 0.3 is 6.18 Å². The van der Waals surface area contributed by atoms with Crippen LogP contribution in [0.2, 0.25) is 0 Å². The highest BCUT2D eigenvalue weighted by atomic mass is 32.2. The van der Waals surface area contributed by atoms with Gasteiger partial charge in [-0.1, -0.05) is 56.0 Å². The minimum atomic E-state index is -4.63. The summed E-state index contributed by atoms with van der Waals surface area (Å²) in [6, 6.07) is 28.8. The Morgan fingerprint density at radius 2 is 1.60 bits per heavy atom. The Kier molecular flexibility index (Phi) is 12.6. The van der Waals surface area contributed by atoms with Crippen molar-refractivity contribution in [3.63, 3.8) is 0 Å². The molecule has 0 saturated carbocycles. The molecule has 5 rings (SSSR count). The summed E-state index contributed by atoms with van der Waals surface area (Å²) < 4.78 is 61.0. The van der Waals surface area contributed by atoms with Crippen LogP contribution < -0.4 is 10.5 Å². The van der Waals surface area contributed by atoms with Crippen molar-refractivity contribution < 1.29 is 17.6 Å². The van der Waals surface area contributed by atoms with Gasteiger partial charge in [0.2, 0.25) is 0 Å². The van der Waals surface area contributed by atoms with Gasteiger partial charge in [0.15, 0.2) is 0 Å². The van der Waals surface area contributed by atoms with E-state index in [1.54, 1.807) is 36.2 Å². The quantitative estimate of drug-likeness (QED) is 0.136. The average Bonchev–Trinajstić information content (AvgIpc) is 3.06. The molecule has 1 fully saturated rings. The third-order valence-corrected chi connectivity index (χ3v) is 10.2. The number of benzene rings is 4. The first-order valence-electron chi connectivity index (χ1n) is 15.2. The number of alkyl halides is 3. The highest BCUT2D eigenvalue weighted by Crippen LogP contribution is 2.45. The highest BCUT2D eigenvalue weighted by molar-refractivity contribution is 7.97. The van der Waals surface area contributed by atoms with Crippen LogP contribution in [0.4, 0.5) is 17.6 Å². The number of rotatable bonds is 9. The van der Waals surface area contributed by atoms with Crippen molar-refractivity contribution in [2.45, 2.75) is 47.6 Å². The normalized spacial score (nSPS) is 15.2. The van der Waals surface area contributed by atoms with E-state index in [0.717, 1.165) is 52.4 Å². The van der Waals surface area contributed by atoms with Crippen molar-refractivity contribution in [3.8, 4) is 17.2 Å². The number of nitrogens with two attached hydrogens (primary N) is 1. The van der Waals surface area contributed by atoms with E-state index in [-0.39, 0.29) is 17.3 Å². The second kappa shape index (κ2) is 16.4. The lowest BCUT2D eigenvalue weighted by Crippen LogP contribution is -2.41. The van der Waals surface area contributed by atoms with Crippen molar-refractivity contribution in [1.29, 1.82) is 5.26 Å². The molecule has 1 unspecified atom stereocenters. The van der Waals surface area contributed by atoms with Gasteiger partial charge in [0.05, 0.1) is 17.2 Å². The molecule has 0 radical (unpaired) electrons. The fourth-order valence-electron chi connectivity index (χ4n) is 6.08. The molecule has 3 N–H and O–H groups in total. The minimum Gasteiger partial charge on any atom is -0.405 e. The van der Waals surface area contributed by atoms with Crippen LogP contribution >= 0.6 is 23.9 Å². The molecule has 1 atom stereocenters. The number of piperidine rings is 1. The van der Waals surface area contributed by atoms with E-state index >= 15 is 0 Å². The first-order chi connectivity index (χ1) is 22.5. The van der Waals surface area contributed by atoms with E-state index in [4.69, 9.17) is 0 Å². The van der Waals surface area contributed by atoms with Crippen LogP contribution in [0.25, 0.3) is 11.1 Å². The molecule has 246 valence electrons. The zero-order chi connectivity index (χ0) is 34.0. The van der Waals surface area contributed by atoms with Gasteiger partial charge in [-0.05, 0) is 139 Å². The molecule has 1 saturated heterocycles. The average molecular weight is 679 g/mol. The summed E-state index contributed by atoms with van der Waals surface area (Å²) in [6.07, 6.45) is -1.26. The summed E-state index contributed by atoms with van der Waals surface area (Å²) in [7, 11) is 1.87. The van der Waals surface area contributed by atoms with Crippen molar-refractivity contribution in [3.05, 3.63) is 132 Å². The standard InChI is InChI=1S/C35H33F4N3S2.C2H5N/c1-34(29-10-9-27(23-40)33(21-29)35(37,38)39,28-15-17-42(18-16-28)44-31-13-11-30(36)12-14-31)22-24-5-3-6-25(19-24)26-7-4-8-32(20-26)43-41-2;1-2-3/h3-14,19-21,28,41H,15-18,22H2,1-2H3;2H,1,3H2. The van der Waals surface area contributed by atoms with E-state index < -0.39 is 17.2 Å². The minimum absolute atomic E-state index is 0.0978. The Hall–Kier alpha value is -3.75. The monoisotopic (exact) mass is 678 g/mol. The molecular weight excluding hydrogens is 641 g/mol. The first-order valence-corrected chi connectivity index (χ1v) is 16.8. The van der Waals surface area contributed by atoms with E-state index in [1.807, 2.05) is 31.3 Å². The van der Waals surface area contributed by atoms with Crippen molar-refractivity contribution in [1.82, 2.24) is 9.03 Å². The van der Waals surface area contributed by atoms with Gasteiger partial charge in [-0.2, -0.15) is 18.4 Å². The number of nitrogens with one attached hydrogen (secondary N) is 1. The third-order valence-electron chi connectivity index (χ3n) is 8.39. The molecule has 0 spiro atoms. The number of nitriles is 1. The van der Waals surface area contributed by atoms with Gasteiger partial charge in [0, 0.05) is 22.9 Å². The molecule has 4 aromatic carbocycles. The number of hydrogen-bond acceptors (Lipinski definition) is 6. The van der Waals surface area contributed by atoms with Crippen LogP contribution in [0.1, 0.15) is 42.0 Å².